The second-order valence-corrected chi connectivity index (χ2v) is 4.51. The van der Waals surface area contributed by atoms with Crippen molar-refractivity contribution in [2.24, 2.45) is 0 Å². The predicted molar refractivity (Wildman–Crippen MR) is 69.3 cm³/mol. The van der Waals surface area contributed by atoms with Crippen LogP contribution in [0.15, 0.2) is 18.2 Å². The minimum atomic E-state index is -0.286. The average molecular weight is 266 g/mol. The van der Waals surface area contributed by atoms with E-state index < -0.39 is 0 Å². The maximum atomic E-state index is 12.3. The van der Waals surface area contributed by atoms with E-state index in [1.165, 1.54) is 18.2 Å². The highest BCUT2D eigenvalue weighted by Gasteiger charge is 2.24. The van der Waals surface area contributed by atoms with Crippen LogP contribution in [-0.2, 0) is 4.74 Å². The number of morpholine rings is 1. The Morgan fingerprint density at radius 2 is 2.26 bits per heavy atom. The second-order valence-electron chi connectivity index (χ2n) is 4.51. The van der Waals surface area contributed by atoms with E-state index in [1.807, 2.05) is 7.05 Å². The second kappa shape index (κ2) is 5.90. The number of phenols is 2. The number of carbonyl (C=O) groups is 1. The van der Waals surface area contributed by atoms with Crippen LogP contribution in [0, 0.1) is 0 Å². The Morgan fingerprint density at radius 3 is 2.95 bits per heavy atom. The third-order valence-corrected chi connectivity index (χ3v) is 3.08. The molecule has 6 heteroatoms. The molecule has 19 heavy (non-hydrogen) atoms. The van der Waals surface area contributed by atoms with Crippen LogP contribution in [0.4, 0.5) is 0 Å². The van der Waals surface area contributed by atoms with E-state index in [9.17, 15) is 15.0 Å². The van der Waals surface area contributed by atoms with Gasteiger partial charge in [0.05, 0.1) is 12.7 Å². The summed E-state index contributed by atoms with van der Waals surface area (Å²) in [6.45, 7) is 2.23. The molecule has 1 unspecified atom stereocenters. The van der Waals surface area contributed by atoms with Crippen molar-refractivity contribution in [2.75, 3.05) is 33.3 Å². The van der Waals surface area contributed by atoms with E-state index >= 15 is 0 Å². The van der Waals surface area contributed by atoms with Crippen LogP contribution >= 0.6 is 0 Å². The van der Waals surface area contributed by atoms with Crippen LogP contribution in [0.3, 0.4) is 0 Å². The number of hydrogen-bond donors (Lipinski definition) is 3. The zero-order valence-corrected chi connectivity index (χ0v) is 10.8. The summed E-state index contributed by atoms with van der Waals surface area (Å²) in [5.74, 6) is -0.683. The fourth-order valence-electron chi connectivity index (χ4n) is 2.09. The van der Waals surface area contributed by atoms with Crippen molar-refractivity contribution in [1.29, 1.82) is 0 Å². The summed E-state index contributed by atoms with van der Waals surface area (Å²) in [7, 11) is 1.84. The first kappa shape index (κ1) is 13.6. The van der Waals surface area contributed by atoms with E-state index in [1.54, 1.807) is 4.90 Å². The number of benzene rings is 1. The van der Waals surface area contributed by atoms with Crippen molar-refractivity contribution in [2.45, 2.75) is 6.10 Å². The van der Waals surface area contributed by atoms with Gasteiger partial charge in [-0.1, -0.05) is 0 Å². The van der Waals surface area contributed by atoms with Gasteiger partial charge >= 0.3 is 0 Å². The average Bonchev–Trinajstić information content (AvgIpc) is 2.42. The lowest BCUT2D eigenvalue weighted by Crippen LogP contribution is -2.48. The van der Waals surface area contributed by atoms with Crippen LogP contribution in [0.1, 0.15) is 10.4 Å². The Kier molecular flexibility index (Phi) is 4.24. The normalized spacial score (nSPS) is 19.4. The Bertz CT molecular complexity index is 462. The molecule has 1 amide bonds. The van der Waals surface area contributed by atoms with Gasteiger partial charge in [-0.2, -0.15) is 0 Å². The molecule has 1 saturated heterocycles. The van der Waals surface area contributed by atoms with Gasteiger partial charge in [-0.15, -0.1) is 0 Å². The number of hydrogen-bond acceptors (Lipinski definition) is 5. The molecule has 0 radical (unpaired) electrons. The molecule has 0 bridgehead atoms. The lowest BCUT2D eigenvalue weighted by Gasteiger charge is -2.33. The van der Waals surface area contributed by atoms with Gasteiger partial charge in [-0.25, -0.2) is 0 Å². The molecule has 0 saturated carbocycles. The standard InChI is InChI=1S/C13H18N2O4/c1-14-7-10-8-15(4-5-19-10)13(18)9-2-3-11(16)12(17)6-9/h2-3,6,10,14,16-17H,4-5,7-8H2,1H3. The maximum Gasteiger partial charge on any atom is 0.254 e. The summed E-state index contributed by atoms with van der Waals surface area (Å²) < 4.78 is 5.53. The molecule has 1 aromatic carbocycles. The Labute approximate surface area is 111 Å². The zero-order chi connectivity index (χ0) is 13.8. The molecule has 1 fully saturated rings. The highest BCUT2D eigenvalue weighted by Crippen LogP contribution is 2.25. The van der Waals surface area contributed by atoms with E-state index in [-0.39, 0.29) is 23.5 Å². The summed E-state index contributed by atoms with van der Waals surface area (Å²) in [5, 5.41) is 21.7. The highest BCUT2D eigenvalue weighted by molar-refractivity contribution is 5.95. The van der Waals surface area contributed by atoms with Crippen molar-refractivity contribution >= 4 is 5.91 Å². The lowest BCUT2D eigenvalue weighted by molar-refractivity contribution is -0.0196. The van der Waals surface area contributed by atoms with Crippen molar-refractivity contribution < 1.29 is 19.7 Å². The largest absolute Gasteiger partial charge is 0.504 e. The van der Waals surface area contributed by atoms with Crippen LogP contribution in [0.25, 0.3) is 0 Å². The molecule has 1 atom stereocenters. The van der Waals surface area contributed by atoms with Crippen LogP contribution in [0.2, 0.25) is 0 Å². The summed E-state index contributed by atoms with van der Waals surface area (Å²) in [5.41, 5.74) is 0.361. The fourth-order valence-corrected chi connectivity index (χ4v) is 2.09. The number of carbonyl (C=O) groups excluding carboxylic acids is 1. The number of phenolic OH excluding ortho intramolecular Hbond substituents is 2. The molecular formula is C13H18N2O4. The molecule has 2 rings (SSSR count). The SMILES string of the molecule is CNCC1CN(C(=O)c2ccc(O)c(O)c2)CCO1. The molecule has 1 aliphatic heterocycles. The predicted octanol–water partition coefficient (Wildman–Crippen LogP) is 0.158. The smallest absolute Gasteiger partial charge is 0.254 e. The van der Waals surface area contributed by atoms with Gasteiger partial charge in [0.1, 0.15) is 0 Å². The van der Waals surface area contributed by atoms with Crippen LogP contribution in [-0.4, -0.2) is 60.4 Å². The first-order chi connectivity index (χ1) is 9.11. The van der Waals surface area contributed by atoms with Gasteiger partial charge in [0, 0.05) is 25.2 Å². The molecule has 104 valence electrons. The Morgan fingerprint density at radius 1 is 1.47 bits per heavy atom. The number of rotatable bonds is 3. The first-order valence-corrected chi connectivity index (χ1v) is 6.19. The molecule has 1 aromatic rings. The van der Waals surface area contributed by atoms with E-state index in [0.29, 0.717) is 31.8 Å². The first-order valence-electron chi connectivity index (χ1n) is 6.19. The molecule has 0 spiro atoms. The van der Waals surface area contributed by atoms with Crippen LogP contribution < -0.4 is 5.32 Å². The van der Waals surface area contributed by atoms with Crippen molar-refractivity contribution in [3.05, 3.63) is 23.8 Å². The van der Waals surface area contributed by atoms with E-state index in [0.717, 1.165) is 0 Å². The Balaban J connectivity index is 2.08. The number of aromatic hydroxyl groups is 2. The zero-order valence-electron chi connectivity index (χ0n) is 10.8. The molecule has 6 nitrogen and oxygen atoms in total. The third kappa shape index (κ3) is 3.15. The van der Waals surface area contributed by atoms with Crippen molar-refractivity contribution in [3.63, 3.8) is 0 Å². The monoisotopic (exact) mass is 266 g/mol. The number of nitrogens with zero attached hydrogens (tertiary/aromatic N) is 1. The van der Waals surface area contributed by atoms with Gasteiger partial charge in [0.25, 0.3) is 5.91 Å². The van der Waals surface area contributed by atoms with Gasteiger partial charge in [0.15, 0.2) is 11.5 Å². The molecule has 3 N–H and O–H groups in total. The topological polar surface area (TPSA) is 82.0 Å². The summed E-state index contributed by atoms with van der Waals surface area (Å²) in [6.07, 6.45) is -0.0200. The molecule has 0 aliphatic carbocycles. The van der Waals surface area contributed by atoms with Crippen molar-refractivity contribution in [1.82, 2.24) is 10.2 Å². The molecule has 1 heterocycles. The molecule has 1 aliphatic rings. The summed E-state index contributed by atoms with van der Waals surface area (Å²) >= 11 is 0. The number of ether oxygens (including phenoxy) is 1. The number of amides is 1. The number of likely N-dealkylation sites (N-methyl/N-ethyl adjacent to an activating group) is 1. The van der Waals surface area contributed by atoms with E-state index in [2.05, 4.69) is 5.32 Å². The Hall–Kier alpha value is -1.79. The van der Waals surface area contributed by atoms with E-state index in [4.69, 9.17) is 4.74 Å². The van der Waals surface area contributed by atoms with Crippen molar-refractivity contribution in [3.8, 4) is 11.5 Å². The molecular weight excluding hydrogens is 248 g/mol. The van der Waals surface area contributed by atoms with Gasteiger partial charge in [-0.3, -0.25) is 4.79 Å². The lowest BCUT2D eigenvalue weighted by atomic mass is 10.1. The highest BCUT2D eigenvalue weighted by atomic mass is 16.5. The number of nitrogens with one attached hydrogen (secondary N) is 1. The van der Waals surface area contributed by atoms with Gasteiger partial charge in [0.2, 0.25) is 0 Å². The summed E-state index contributed by atoms with van der Waals surface area (Å²) in [6, 6.07) is 4.09. The quantitative estimate of drug-likeness (QED) is 0.679. The van der Waals surface area contributed by atoms with Gasteiger partial charge in [-0.05, 0) is 25.2 Å². The fraction of sp³-hybridized carbons (Fsp3) is 0.462. The van der Waals surface area contributed by atoms with Crippen LogP contribution in [0.5, 0.6) is 11.5 Å². The third-order valence-electron chi connectivity index (χ3n) is 3.08. The summed E-state index contributed by atoms with van der Waals surface area (Å²) in [4.78, 5) is 14.0. The van der Waals surface area contributed by atoms with Gasteiger partial charge < -0.3 is 25.2 Å². The minimum absolute atomic E-state index is 0.0200. The minimum Gasteiger partial charge on any atom is -0.504 e. The molecule has 0 aromatic heterocycles. The maximum absolute atomic E-state index is 12.3.